The van der Waals surface area contributed by atoms with Crippen LogP contribution in [0, 0.1) is 13.8 Å². The van der Waals surface area contributed by atoms with Gasteiger partial charge < -0.3 is 10.6 Å². The molecular weight excluding hydrogens is 390 g/mol. The van der Waals surface area contributed by atoms with Gasteiger partial charge in [0.2, 0.25) is 21.8 Å². The Bertz CT molecular complexity index is 1030. The second-order valence-corrected chi connectivity index (χ2v) is 8.58. The molecule has 0 unspecified atom stereocenters. The lowest BCUT2D eigenvalue weighted by Gasteiger charge is -2.21. The van der Waals surface area contributed by atoms with Crippen molar-refractivity contribution in [3.8, 4) is 0 Å². The van der Waals surface area contributed by atoms with E-state index in [9.17, 15) is 18.0 Å². The molecule has 0 spiro atoms. The monoisotopic (exact) mass is 415 g/mol. The van der Waals surface area contributed by atoms with Crippen molar-refractivity contribution in [2.45, 2.75) is 25.7 Å². The minimum Gasteiger partial charge on any atom is -0.326 e. The Morgan fingerprint density at radius 2 is 1.69 bits per heavy atom. The van der Waals surface area contributed by atoms with Crippen LogP contribution in [0.3, 0.4) is 0 Å². The number of carbonyl (C=O) groups excluding carboxylic acids is 2. The molecule has 0 aliphatic heterocycles. The van der Waals surface area contributed by atoms with Gasteiger partial charge in [0.1, 0.15) is 0 Å². The molecule has 0 atom stereocenters. The quantitative estimate of drug-likeness (QED) is 0.648. The highest BCUT2D eigenvalue weighted by Crippen LogP contribution is 2.20. The van der Waals surface area contributed by atoms with Crippen LogP contribution in [-0.2, 0) is 19.6 Å². The summed E-state index contributed by atoms with van der Waals surface area (Å²) in [6, 6.07) is 11.5. The Labute approximate surface area is 171 Å². The second kappa shape index (κ2) is 9.49. The number of nitrogens with zero attached hydrogens (tertiary/aromatic N) is 1. The van der Waals surface area contributed by atoms with Gasteiger partial charge >= 0.3 is 0 Å². The minimum absolute atomic E-state index is 0.00535. The molecule has 0 saturated carbocycles. The fourth-order valence-corrected chi connectivity index (χ4v) is 4.11. The maximum absolute atomic E-state index is 13.0. The lowest BCUT2D eigenvalue weighted by atomic mass is 10.1. The average Bonchev–Trinajstić information content (AvgIpc) is 2.63. The van der Waals surface area contributed by atoms with Crippen molar-refractivity contribution >= 4 is 33.2 Å². The summed E-state index contributed by atoms with van der Waals surface area (Å²) in [5, 5.41) is 5.28. The van der Waals surface area contributed by atoms with E-state index >= 15 is 0 Å². The molecule has 2 amide bonds. The van der Waals surface area contributed by atoms with Crippen molar-refractivity contribution in [2.24, 2.45) is 0 Å². The second-order valence-electron chi connectivity index (χ2n) is 6.64. The summed E-state index contributed by atoms with van der Waals surface area (Å²) in [4.78, 5) is 23.8. The Morgan fingerprint density at radius 3 is 2.28 bits per heavy atom. The zero-order valence-corrected chi connectivity index (χ0v) is 17.5. The van der Waals surface area contributed by atoms with Gasteiger partial charge in [0.15, 0.2) is 0 Å². The van der Waals surface area contributed by atoms with E-state index in [4.69, 9.17) is 0 Å². The predicted octanol–water partition coefficient (Wildman–Crippen LogP) is 3.08. The third-order valence-electron chi connectivity index (χ3n) is 4.24. The maximum atomic E-state index is 13.0. The van der Waals surface area contributed by atoms with E-state index in [1.54, 1.807) is 36.4 Å². The van der Waals surface area contributed by atoms with Crippen LogP contribution in [0.25, 0.3) is 0 Å². The number of amides is 2. The van der Waals surface area contributed by atoms with Gasteiger partial charge in [-0.2, -0.15) is 4.31 Å². The van der Waals surface area contributed by atoms with E-state index in [0.717, 1.165) is 15.4 Å². The average molecular weight is 416 g/mol. The first-order valence-corrected chi connectivity index (χ1v) is 10.4. The van der Waals surface area contributed by atoms with Gasteiger partial charge in [-0.15, -0.1) is 6.58 Å². The zero-order chi connectivity index (χ0) is 21.6. The van der Waals surface area contributed by atoms with Crippen LogP contribution in [0.1, 0.15) is 18.1 Å². The SMILES string of the molecule is C=CCN(CC(=O)Nc1cccc(NC(C)=O)c1)S(=O)(=O)c1ccc(C)c(C)c1. The first kappa shape index (κ1) is 22.3. The fraction of sp³-hybridized carbons (Fsp3) is 0.238. The van der Waals surface area contributed by atoms with Gasteiger partial charge in [0, 0.05) is 24.8 Å². The smallest absolute Gasteiger partial charge is 0.243 e. The van der Waals surface area contributed by atoms with E-state index in [1.807, 2.05) is 13.8 Å². The van der Waals surface area contributed by atoms with Gasteiger partial charge in [-0.1, -0.05) is 18.2 Å². The number of sulfonamides is 1. The van der Waals surface area contributed by atoms with Crippen LogP contribution in [0.5, 0.6) is 0 Å². The highest BCUT2D eigenvalue weighted by molar-refractivity contribution is 7.89. The number of hydrogen-bond acceptors (Lipinski definition) is 4. The molecule has 7 nitrogen and oxygen atoms in total. The van der Waals surface area contributed by atoms with Crippen LogP contribution >= 0.6 is 0 Å². The lowest BCUT2D eigenvalue weighted by molar-refractivity contribution is -0.116. The number of anilines is 2. The van der Waals surface area contributed by atoms with E-state index in [2.05, 4.69) is 17.2 Å². The predicted molar refractivity (Wildman–Crippen MR) is 114 cm³/mol. The molecule has 2 aromatic carbocycles. The molecule has 0 aliphatic carbocycles. The summed E-state index contributed by atoms with van der Waals surface area (Å²) in [6.45, 7) is 8.33. The molecule has 0 bridgehead atoms. The van der Waals surface area contributed by atoms with Crippen LogP contribution in [0.4, 0.5) is 11.4 Å². The molecule has 0 aromatic heterocycles. The zero-order valence-electron chi connectivity index (χ0n) is 16.7. The number of aryl methyl sites for hydroxylation is 2. The Morgan fingerprint density at radius 1 is 1.03 bits per heavy atom. The molecule has 0 saturated heterocycles. The van der Waals surface area contributed by atoms with E-state index in [1.165, 1.54) is 19.1 Å². The molecule has 0 aliphatic rings. The van der Waals surface area contributed by atoms with Gasteiger partial charge in [0.05, 0.1) is 11.4 Å². The first-order chi connectivity index (χ1) is 13.6. The Kier molecular flexibility index (Phi) is 7.30. The van der Waals surface area contributed by atoms with Gasteiger partial charge in [-0.25, -0.2) is 8.42 Å². The highest BCUT2D eigenvalue weighted by atomic mass is 32.2. The molecule has 0 heterocycles. The van der Waals surface area contributed by atoms with E-state index in [0.29, 0.717) is 11.4 Å². The van der Waals surface area contributed by atoms with Crippen LogP contribution in [0.2, 0.25) is 0 Å². The normalized spacial score (nSPS) is 11.2. The summed E-state index contributed by atoms with van der Waals surface area (Å²) in [5.41, 5.74) is 2.81. The van der Waals surface area contributed by atoms with Crippen LogP contribution in [-0.4, -0.2) is 37.6 Å². The fourth-order valence-electron chi connectivity index (χ4n) is 2.65. The van der Waals surface area contributed by atoms with Gasteiger partial charge in [-0.05, 0) is 55.3 Å². The van der Waals surface area contributed by atoms with Crippen LogP contribution < -0.4 is 10.6 Å². The third-order valence-corrected chi connectivity index (χ3v) is 6.04. The van der Waals surface area contributed by atoms with Gasteiger partial charge in [-0.3, -0.25) is 9.59 Å². The maximum Gasteiger partial charge on any atom is 0.243 e. The summed E-state index contributed by atoms with van der Waals surface area (Å²) in [7, 11) is -3.87. The summed E-state index contributed by atoms with van der Waals surface area (Å²) < 4.78 is 27.1. The molecule has 8 heteroatoms. The Hall–Kier alpha value is -2.97. The lowest BCUT2D eigenvalue weighted by Crippen LogP contribution is -2.38. The number of rotatable bonds is 8. The van der Waals surface area contributed by atoms with Crippen molar-refractivity contribution < 1.29 is 18.0 Å². The summed E-state index contributed by atoms with van der Waals surface area (Å²) >= 11 is 0. The van der Waals surface area contributed by atoms with E-state index < -0.39 is 15.9 Å². The molecule has 0 fully saturated rings. The summed E-state index contributed by atoms with van der Waals surface area (Å²) in [5.74, 6) is -0.732. The van der Waals surface area contributed by atoms with Gasteiger partial charge in [0.25, 0.3) is 0 Å². The number of carbonyl (C=O) groups is 2. The molecule has 2 N–H and O–H groups in total. The number of benzene rings is 2. The first-order valence-electron chi connectivity index (χ1n) is 8.99. The highest BCUT2D eigenvalue weighted by Gasteiger charge is 2.26. The standard InChI is InChI=1S/C21H25N3O4S/c1-5-11-24(29(27,28)20-10-9-15(2)16(3)12-20)14-21(26)23-19-8-6-7-18(13-19)22-17(4)25/h5-10,12-13H,1,11,14H2,2-4H3,(H,22,25)(H,23,26). The topological polar surface area (TPSA) is 95.6 Å². The Balaban J connectivity index is 2.19. The molecule has 29 heavy (non-hydrogen) atoms. The molecule has 2 rings (SSSR count). The van der Waals surface area contributed by atoms with Crippen LogP contribution in [0.15, 0.2) is 60.0 Å². The number of nitrogens with one attached hydrogen (secondary N) is 2. The molecule has 154 valence electrons. The molecule has 0 radical (unpaired) electrons. The van der Waals surface area contributed by atoms with Crippen molar-refractivity contribution in [3.63, 3.8) is 0 Å². The number of hydrogen-bond donors (Lipinski definition) is 2. The van der Waals surface area contributed by atoms with Crippen molar-refractivity contribution in [1.82, 2.24) is 4.31 Å². The van der Waals surface area contributed by atoms with Crippen molar-refractivity contribution in [1.29, 1.82) is 0 Å². The largest absolute Gasteiger partial charge is 0.326 e. The van der Waals surface area contributed by atoms with Crippen molar-refractivity contribution in [3.05, 3.63) is 66.2 Å². The minimum atomic E-state index is -3.87. The third kappa shape index (κ3) is 6.00. The van der Waals surface area contributed by atoms with E-state index in [-0.39, 0.29) is 23.9 Å². The van der Waals surface area contributed by atoms with Crippen molar-refractivity contribution in [2.75, 3.05) is 23.7 Å². The molecule has 2 aromatic rings. The molecular formula is C21H25N3O4S. The summed E-state index contributed by atoms with van der Waals surface area (Å²) in [6.07, 6.45) is 1.43.